The first-order valence-electron chi connectivity index (χ1n) is 6.37. The molecule has 1 heterocycles. The molecule has 1 aromatic rings. The highest BCUT2D eigenvalue weighted by atomic mass is 32.2. The molecule has 0 saturated carbocycles. The maximum absolute atomic E-state index is 12.6. The van der Waals surface area contributed by atoms with E-state index in [4.69, 9.17) is 9.47 Å². The lowest BCUT2D eigenvalue weighted by atomic mass is 10.0. The van der Waals surface area contributed by atoms with Crippen molar-refractivity contribution in [3.63, 3.8) is 0 Å². The highest BCUT2D eigenvalue weighted by Crippen LogP contribution is 2.39. The van der Waals surface area contributed by atoms with E-state index in [0.29, 0.717) is 17.7 Å². The standard InChI is InChI=1S/C14H18O5S/c1-5-9-6-11-12(7-10(9)13(15)18-4)20(16,17)14(2,3)8-19-11/h6-7H,5,8H2,1-4H3. The number of esters is 1. The fraction of sp³-hybridized carbons (Fsp3) is 0.500. The van der Waals surface area contributed by atoms with E-state index in [1.54, 1.807) is 19.9 Å². The summed E-state index contributed by atoms with van der Waals surface area (Å²) < 4.78 is 34.4. The van der Waals surface area contributed by atoms with E-state index in [-0.39, 0.29) is 17.1 Å². The lowest BCUT2D eigenvalue weighted by Crippen LogP contribution is -2.42. The van der Waals surface area contributed by atoms with Crippen LogP contribution in [0.5, 0.6) is 5.75 Å². The molecule has 1 aliphatic rings. The van der Waals surface area contributed by atoms with Gasteiger partial charge in [-0.15, -0.1) is 0 Å². The zero-order valence-electron chi connectivity index (χ0n) is 12.0. The van der Waals surface area contributed by atoms with Crippen LogP contribution in [-0.2, 0) is 21.0 Å². The number of hydrogen-bond acceptors (Lipinski definition) is 5. The molecule has 0 fully saturated rings. The van der Waals surface area contributed by atoms with Crippen molar-refractivity contribution in [2.45, 2.75) is 36.8 Å². The minimum atomic E-state index is -3.54. The third-order valence-corrected chi connectivity index (χ3v) is 6.02. The SMILES string of the molecule is CCc1cc2c(cc1C(=O)OC)S(=O)(=O)C(C)(C)CO2. The van der Waals surface area contributed by atoms with Crippen molar-refractivity contribution in [3.05, 3.63) is 23.3 Å². The van der Waals surface area contributed by atoms with Crippen molar-refractivity contribution in [2.75, 3.05) is 13.7 Å². The van der Waals surface area contributed by atoms with Gasteiger partial charge in [-0.25, -0.2) is 13.2 Å². The molecule has 0 atom stereocenters. The molecule has 0 aromatic heterocycles. The highest BCUT2D eigenvalue weighted by Gasteiger charge is 2.43. The van der Waals surface area contributed by atoms with Crippen molar-refractivity contribution in [3.8, 4) is 5.75 Å². The number of ether oxygens (including phenoxy) is 2. The summed E-state index contributed by atoms with van der Waals surface area (Å²) in [5.74, 6) is -0.225. The van der Waals surface area contributed by atoms with E-state index in [0.717, 1.165) is 0 Å². The van der Waals surface area contributed by atoms with E-state index >= 15 is 0 Å². The Morgan fingerprint density at radius 3 is 2.60 bits per heavy atom. The van der Waals surface area contributed by atoms with E-state index in [1.165, 1.54) is 13.2 Å². The first kappa shape index (κ1) is 14.8. The topological polar surface area (TPSA) is 69.7 Å². The maximum atomic E-state index is 12.6. The molecule has 0 amide bonds. The molecule has 0 unspecified atom stereocenters. The summed E-state index contributed by atoms with van der Waals surface area (Å²) in [4.78, 5) is 11.9. The third kappa shape index (κ3) is 2.08. The van der Waals surface area contributed by atoms with Crippen molar-refractivity contribution >= 4 is 15.8 Å². The molecular formula is C14H18O5S. The minimum Gasteiger partial charge on any atom is -0.491 e. The predicted molar refractivity (Wildman–Crippen MR) is 73.9 cm³/mol. The summed E-state index contributed by atoms with van der Waals surface area (Å²) in [6.45, 7) is 5.20. The molecule has 0 spiro atoms. The van der Waals surface area contributed by atoms with Gasteiger partial charge in [-0.1, -0.05) is 6.92 Å². The van der Waals surface area contributed by atoms with E-state index in [9.17, 15) is 13.2 Å². The van der Waals surface area contributed by atoms with Crippen LogP contribution in [0.1, 0.15) is 36.7 Å². The van der Waals surface area contributed by atoms with Crippen molar-refractivity contribution < 1.29 is 22.7 Å². The van der Waals surface area contributed by atoms with Gasteiger partial charge in [-0.3, -0.25) is 0 Å². The average molecular weight is 298 g/mol. The Hall–Kier alpha value is -1.56. The molecule has 2 rings (SSSR count). The van der Waals surface area contributed by atoms with Crippen LogP contribution in [0.25, 0.3) is 0 Å². The van der Waals surface area contributed by atoms with Crippen LogP contribution in [0, 0.1) is 0 Å². The largest absolute Gasteiger partial charge is 0.491 e. The number of rotatable bonds is 2. The van der Waals surface area contributed by atoms with E-state index in [2.05, 4.69) is 0 Å². The second-order valence-electron chi connectivity index (χ2n) is 5.35. The van der Waals surface area contributed by atoms with Gasteiger partial charge in [-0.05, 0) is 38.0 Å². The number of carbonyl (C=O) groups excluding carboxylic acids is 1. The summed E-state index contributed by atoms with van der Waals surface area (Å²) in [7, 11) is -2.27. The quantitative estimate of drug-likeness (QED) is 0.781. The molecule has 0 bridgehead atoms. The van der Waals surface area contributed by atoms with E-state index < -0.39 is 20.6 Å². The molecule has 110 valence electrons. The smallest absolute Gasteiger partial charge is 0.338 e. The summed E-state index contributed by atoms with van der Waals surface area (Å²) in [6, 6.07) is 2.99. The number of aryl methyl sites for hydroxylation is 1. The van der Waals surface area contributed by atoms with Crippen LogP contribution in [0.2, 0.25) is 0 Å². The summed E-state index contributed by atoms with van der Waals surface area (Å²) in [6.07, 6.45) is 0.588. The highest BCUT2D eigenvalue weighted by molar-refractivity contribution is 7.93. The number of hydrogen-bond donors (Lipinski definition) is 0. The van der Waals surface area contributed by atoms with Gasteiger partial charge in [-0.2, -0.15) is 0 Å². The third-order valence-electron chi connectivity index (χ3n) is 3.55. The molecular weight excluding hydrogens is 280 g/mol. The second-order valence-corrected chi connectivity index (χ2v) is 7.90. The Morgan fingerprint density at radius 2 is 2.05 bits per heavy atom. The molecule has 0 aliphatic carbocycles. The summed E-state index contributed by atoms with van der Waals surface area (Å²) >= 11 is 0. The number of sulfone groups is 1. The zero-order chi connectivity index (χ0) is 15.1. The van der Waals surface area contributed by atoms with Gasteiger partial charge in [0.25, 0.3) is 0 Å². The van der Waals surface area contributed by atoms with Gasteiger partial charge in [0.1, 0.15) is 22.0 Å². The van der Waals surface area contributed by atoms with Gasteiger partial charge in [0.05, 0.1) is 12.7 Å². The van der Waals surface area contributed by atoms with Gasteiger partial charge in [0.15, 0.2) is 9.84 Å². The predicted octanol–water partition coefficient (Wildman–Crippen LogP) is 1.98. The number of carbonyl (C=O) groups is 1. The molecule has 20 heavy (non-hydrogen) atoms. The molecule has 0 saturated heterocycles. The number of fused-ring (bicyclic) bond motifs is 1. The summed E-state index contributed by atoms with van der Waals surface area (Å²) in [5, 5.41) is 0. The van der Waals surface area contributed by atoms with Crippen LogP contribution in [0.4, 0.5) is 0 Å². The van der Waals surface area contributed by atoms with E-state index in [1.807, 2.05) is 6.92 Å². The fourth-order valence-electron chi connectivity index (χ4n) is 2.14. The van der Waals surface area contributed by atoms with Crippen LogP contribution < -0.4 is 4.74 Å². The first-order chi connectivity index (χ1) is 9.24. The summed E-state index contributed by atoms with van der Waals surface area (Å²) in [5.41, 5.74) is 0.990. The molecule has 0 radical (unpaired) electrons. The first-order valence-corrected chi connectivity index (χ1v) is 7.85. The Kier molecular flexibility index (Phi) is 3.54. The molecule has 0 N–H and O–H groups in total. The maximum Gasteiger partial charge on any atom is 0.338 e. The Bertz CT molecular complexity index is 658. The molecule has 1 aliphatic heterocycles. The van der Waals surface area contributed by atoms with Crippen LogP contribution in [-0.4, -0.2) is 32.9 Å². The van der Waals surface area contributed by atoms with Crippen molar-refractivity contribution in [2.24, 2.45) is 0 Å². The van der Waals surface area contributed by atoms with Gasteiger partial charge in [0.2, 0.25) is 0 Å². The minimum absolute atomic E-state index is 0.0614. The Labute approximate surface area is 118 Å². The molecule has 1 aromatic carbocycles. The van der Waals surface area contributed by atoms with Crippen molar-refractivity contribution in [1.82, 2.24) is 0 Å². The fourth-order valence-corrected chi connectivity index (χ4v) is 3.61. The zero-order valence-corrected chi connectivity index (χ0v) is 12.8. The Balaban J connectivity index is 2.72. The monoisotopic (exact) mass is 298 g/mol. The number of benzene rings is 1. The molecule has 6 heteroatoms. The molecule has 5 nitrogen and oxygen atoms in total. The average Bonchev–Trinajstić information content (AvgIpc) is 2.41. The van der Waals surface area contributed by atoms with Crippen molar-refractivity contribution in [1.29, 1.82) is 0 Å². The van der Waals surface area contributed by atoms with Gasteiger partial charge in [0, 0.05) is 0 Å². The van der Waals surface area contributed by atoms with Gasteiger partial charge >= 0.3 is 5.97 Å². The second kappa shape index (κ2) is 4.77. The normalized spacial score (nSPS) is 18.8. The van der Waals surface area contributed by atoms with Crippen LogP contribution >= 0.6 is 0 Å². The lowest BCUT2D eigenvalue weighted by Gasteiger charge is -2.31. The number of methoxy groups -OCH3 is 1. The van der Waals surface area contributed by atoms with Crippen LogP contribution in [0.15, 0.2) is 17.0 Å². The van der Waals surface area contributed by atoms with Gasteiger partial charge < -0.3 is 9.47 Å². The Morgan fingerprint density at radius 1 is 1.40 bits per heavy atom. The van der Waals surface area contributed by atoms with Crippen LogP contribution in [0.3, 0.4) is 0 Å². The lowest BCUT2D eigenvalue weighted by molar-refractivity contribution is 0.0599.